The fourth-order valence-corrected chi connectivity index (χ4v) is 6.97. The van der Waals surface area contributed by atoms with Crippen LogP contribution in [-0.4, -0.2) is 27.0 Å². The van der Waals surface area contributed by atoms with E-state index in [1.165, 1.54) is 34.1 Å². The monoisotopic (exact) mass is 629 g/mol. The summed E-state index contributed by atoms with van der Waals surface area (Å²) in [5.74, 6) is -1.26. The van der Waals surface area contributed by atoms with Crippen LogP contribution in [-0.2, 0) is 15.3 Å². The summed E-state index contributed by atoms with van der Waals surface area (Å²) in [5, 5.41) is 22.7. The highest BCUT2D eigenvalue weighted by atomic mass is 35.5. The van der Waals surface area contributed by atoms with Gasteiger partial charge in [-0.1, -0.05) is 131 Å². The van der Waals surface area contributed by atoms with E-state index in [0.717, 1.165) is 21.9 Å². The van der Waals surface area contributed by atoms with Crippen molar-refractivity contribution in [3.63, 3.8) is 0 Å². The lowest BCUT2D eigenvalue weighted by atomic mass is 9.96. The zero-order valence-corrected chi connectivity index (χ0v) is 24.9. The van der Waals surface area contributed by atoms with Crippen molar-refractivity contribution >= 4 is 80.0 Å². The number of benzene rings is 4. The average Bonchev–Trinajstić information content (AvgIpc) is 3.58. The van der Waals surface area contributed by atoms with Crippen LogP contribution in [0.5, 0.6) is 0 Å². The third-order valence-corrected chi connectivity index (χ3v) is 9.64. The number of nitrogens with zero attached hydrogens (tertiary/aromatic N) is 3. The zero-order chi connectivity index (χ0) is 29.2. The number of carbonyl (C=O) groups is 2. The van der Waals surface area contributed by atoms with Gasteiger partial charge in [-0.15, -0.1) is 10.2 Å². The fraction of sp³-hybridized carbons (Fsp3) is 0.0625. The van der Waals surface area contributed by atoms with Gasteiger partial charge in [0.15, 0.2) is 15.9 Å². The second kappa shape index (κ2) is 12.1. The minimum absolute atomic E-state index is 0.0780. The molecule has 1 N–H and O–H groups in total. The van der Waals surface area contributed by atoms with Crippen molar-refractivity contribution in [2.45, 2.75) is 16.1 Å². The van der Waals surface area contributed by atoms with E-state index in [4.69, 9.17) is 23.2 Å². The highest BCUT2D eigenvalue weighted by Gasteiger charge is 2.45. The van der Waals surface area contributed by atoms with Gasteiger partial charge in [0.05, 0.1) is 21.7 Å². The molecule has 1 aliphatic heterocycles. The molecule has 0 fully saturated rings. The second-order valence-corrected chi connectivity index (χ2v) is 12.4. The number of carbonyl (C=O) groups excluding carboxylic acids is 2. The van der Waals surface area contributed by atoms with Gasteiger partial charge in [0.2, 0.25) is 5.13 Å². The summed E-state index contributed by atoms with van der Waals surface area (Å²) in [6.45, 7) is 0. The first-order valence-electron chi connectivity index (χ1n) is 12.8. The number of hydrogen-bond donors (Lipinski definition) is 1. The summed E-state index contributed by atoms with van der Waals surface area (Å²) >= 11 is 15.2. The maximum absolute atomic E-state index is 13.5. The fourth-order valence-electron chi connectivity index (χ4n) is 4.79. The van der Waals surface area contributed by atoms with Gasteiger partial charge in [-0.25, -0.2) is 0 Å². The Kier molecular flexibility index (Phi) is 8.13. The maximum Gasteiger partial charge on any atom is 0.296 e. The molecule has 0 bridgehead atoms. The minimum Gasteiger partial charge on any atom is -0.503 e. The smallest absolute Gasteiger partial charge is 0.296 e. The van der Waals surface area contributed by atoms with Crippen molar-refractivity contribution in [1.29, 1.82) is 0 Å². The molecular weight excluding hydrogens is 609 g/mol. The van der Waals surface area contributed by atoms with E-state index in [1.807, 2.05) is 48.5 Å². The molecule has 6 nitrogen and oxygen atoms in total. The largest absolute Gasteiger partial charge is 0.503 e. The molecule has 0 spiro atoms. The van der Waals surface area contributed by atoms with E-state index in [2.05, 4.69) is 34.5 Å². The Labute approximate surface area is 259 Å². The van der Waals surface area contributed by atoms with E-state index >= 15 is 0 Å². The molecule has 1 amide bonds. The summed E-state index contributed by atoms with van der Waals surface area (Å²) < 4.78 is 0.641. The number of ketones is 1. The number of halogens is 2. The number of hydrogen-bond acceptors (Lipinski definition) is 7. The van der Waals surface area contributed by atoms with Gasteiger partial charge in [0.1, 0.15) is 0 Å². The quantitative estimate of drug-likeness (QED) is 0.105. The molecule has 1 aliphatic rings. The Morgan fingerprint density at radius 2 is 1.71 bits per heavy atom. The van der Waals surface area contributed by atoms with Crippen molar-refractivity contribution in [3.05, 3.63) is 135 Å². The number of amides is 1. The summed E-state index contributed by atoms with van der Waals surface area (Å²) in [7, 11) is 0. The number of rotatable bonds is 8. The van der Waals surface area contributed by atoms with E-state index in [0.29, 0.717) is 20.7 Å². The Morgan fingerprint density at radius 3 is 2.52 bits per heavy atom. The summed E-state index contributed by atoms with van der Waals surface area (Å²) in [6, 6.07) is 27.5. The number of fused-ring (bicyclic) bond motifs is 1. The summed E-state index contributed by atoms with van der Waals surface area (Å²) in [6.07, 6.45) is 2.97. The maximum atomic E-state index is 13.5. The number of aliphatic hydroxyl groups is 1. The molecule has 1 aromatic heterocycles. The highest BCUT2D eigenvalue weighted by Crippen LogP contribution is 2.44. The van der Waals surface area contributed by atoms with Gasteiger partial charge in [-0.05, 0) is 45.7 Å². The molecule has 0 saturated carbocycles. The van der Waals surface area contributed by atoms with Gasteiger partial charge in [-0.2, -0.15) is 0 Å². The molecule has 5 aromatic rings. The van der Waals surface area contributed by atoms with Crippen molar-refractivity contribution in [2.75, 3.05) is 4.90 Å². The van der Waals surface area contributed by atoms with E-state index in [9.17, 15) is 14.7 Å². The molecule has 208 valence electrons. The molecular formula is C32H21Cl2N3O3S2. The molecule has 10 heteroatoms. The molecule has 42 heavy (non-hydrogen) atoms. The molecule has 0 radical (unpaired) electrons. The van der Waals surface area contributed by atoms with Gasteiger partial charge in [0, 0.05) is 5.75 Å². The standard InChI is InChI=1S/C32H21Cl2N3O3S2/c33-24-15-14-21(17-25(24)34)28-27(26(38)16-13-19-7-2-1-3-8-19)29(39)30(40)37(28)31-35-36-32(42-31)41-18-22-11-6-10-20-9-4-5-12-23(20)22/h1-17,28,39H,18H2. The van der Waals surface area contributed by atoms with E-state index < -0.39 is 23.5 Å². The first-order chi connectivity index (χ1) is 20.4. The number of anilines is 1. The van der Waals surface area contributed by atoms with Crippen LogP contribution in [0.2, 0.25) is 10.0 Å². The van der Waals surface area contributed by atoms with Crippen LogP contribution in [0, 0.1) is 0 Å². The molecule has 2 heterocycles. The second-order valence-electron chi connectivity index (χ2n) is 9.40. The lowest BCUT2D eigenvalue weighted by Crippen LogP contribution is -2.30. The van der Waals surface area contributed by atoms with Crippen LogP contribution in [0.1, 0.15) is 22.7 Å². The van der Waals surface area contributed by atoms with Crippen LogP contribution < -0.4 is 4.90 Å². The molecule has 6 rings (SSSR count). The number of aromatic nitrogens is 2. The van der Waals surface area contributed by atoms with Crippen LogP contribution in [0.3, 0.4) is 0 Å². The third-order valence-electron chi connectivity index (χ3n) is 6.79. The highest BCUT2D eigenvalue weighted by molar-refractivity contribution is 8.00. The molecule has 0 aliphatic carbocycles. The first-order valence-corrected chi connectivity index (χ1v) is 15.4. The van der Waals surface area contributed by atoms with Crippen LogP contribution in [0.4, 0.5) is 5.13 Å². The zero-order valence-electron chi connectivity index (χ0n) is 21.8. The Morgan fingerprint density at radius 1 is 0.952 bits per heavy atom. The number of aliphatic hydroxyl groups excluding tert-OH is 1. The number of allylic oxidation sites excluding steroid dienone is 1. The minimum atomic E-state index is -0.982. The van der Waals surface area contributed by atoms with Crippen LogP contribution in [0.15, 0.2) is 113 Å². The molecule has 1 unspecified atom stereocenters. The average molecular weight is 631 g/mol. The Bertz CT molecular complexity index is 1880. The van der Waals surface area contributed by atoms with Crippen LogP contribution in [0.25, 0.3) is 16.8 Å². The third kappa shape index (κ3) is 5.58. The van der Waals surface area contributed by atoms with Gasteiger partial charge >= 0.3 is 0 Å². The van der Waals surface area contributed by atoms with Gasteiger partial charge in [-0.3, -0.25) is 14.5 Å². The molecule has 1 atom stereocenters. The molecule has 0 saturated heterocycles. The summed E-state index contributed by atoms with van der Waals surface area (Å²) in [5.41, 5.74) is 2.37. The van der Waals surface area contributed by atoms with Crippen molar-refractivity contribution in [3.8, 4) is 0 Å². The SMILES string of the molecule is O=C(C=Cc1ccccc1)C1=C(O)C(=O)N(c2nnc(SCc3cccc4ccccc34)s2)C1c1ccc(Cl)c(Cl)c1. The number of thioether (sulfide) groups is 1. The Balaban J connectivity index is 1.32. The normalized spacial score (nSPS) is 15.3. The van der Waals surface area contributed by atoms with Gasteiger partial charge < -0.3 is 5.11 Å². The topological polar surface area (TPSA) is 83.4 Å². The lowest BCUT2D eigenvalue weighted by Gasteiger charge is -2.24. The van der Waals surface area contributed by atoms with Crippen molar-refractivity contribution in [1.82, 2.24) is 10.2 Å². The van der Waals surface area contributed by atoms with Crippen LogP contribution >= 0.6 is 46.3 Å². The summed E-state index contributed by atoms with van der Waals surface area (Å²) in [4.78, 5) is 28.2. The van der Waals surface area contributed by atoms with Crippen molar-refractivity contribution < 1.29 is 14.7 Å². The van der Waals surface area contributed by atoms with E-state index in [1.54, 1.807) is 24.3 Å². The predicted octanol–water partition coefficient (Wildman–Crippen LogP) is 8.47. The Hall–Kier alpha value is -3.95. The van der Waals surface area contributed by atoms with Gasteiger partial charge in [0.25, 0.3) is 5.91 Å². The predicted molar refractivity (Wildman–Crippen MR) is 170 cm³/mol. The van der Waals surface area contributed by atoms with Crippen molar-refractivity contribution in [2.24, 2.45) is 0 Å². The molecule has 4 aromatic carbocycles. The lowest BCUT2D eigenvalue weighted by molar-refractivity contribution is -0.117. The first kappa shape index (κ1) is 28.2. The van der Waals surface area contributed by atoms with E-state index in [-0.39, 0.29) is 15.7 Å².